The highest BCUT2D eigenvalue weighted by atomic mass is 16.5. The number of hydrogen-bond donors (Lipinski definition) is 1. The number of nitrogens with one attached hydrogen (secondary N) is 1. The van der Waals surface area contributed by atoms with Gasteiger partial charge in [0.1, 0.15) is 0 Å². The summed E-state index contributed by atoms with van der Waals surface area (Å²) in [6.45, 7) is 4.01. The smallest absolute Gasteiger partial charge is 0.340 e. The lowest BCUT2D eigenvalue weighted by Crippen LogP contribution is -2.46. The largest absolute Gasteiger partial charge is 0.465 e. The molecule has 1 saturated heterocycles. The number of H-pyrrole nitrogens is 1. The summed E-state index contributed by atoms with van der Waals surface area (Å²) in [6, 6.07) is -0.117. The summed E-state index contributed by atoms with van der Waals surface area (Å²) in [5.74, 6) is -0.0982. The number of carbonyl (C=O) groups is 3. The second kappa shape index (κ2) is 4.00. The molecule has 0 bridgehead atoms. The Labute approximate surface area is 127 Å². The Kier molecular flexibility index (Phi) is 2.46. The van der Waals surface area contributed by atoms with Crippen molar-refractivity contribution in [3.8, 4) is 0 Å². The van der Waals surface area contributed by atoms with Crippen molar-refractivity contribution in [2.45, 2.75) is 38.1 Å². The van der Waals surface area contributed by atoms with Gasteiger partial charge < -0.3 is 14.6 Å². The third kappa shape index (κ3) is 1.38. The Morgan fingerprint density at radius 2 is 2.14 bits per heavy atom. The number of Topliss-reactive ketones (excluding diaryl/α,β-unsaturated/α-hetero) is 1. The van der Waals surface area contributed by atoms with E-state index in [1.54, 1.807) is 18.7 Å². The highest BCUT2D eigenvalue weighted by molar-refractivity contribution is 6.05. The summed E-state index contributed by atoms with van der Waals surface area (Å²) in [4.78, 5) is 41.5. The van der Waals surface area contributed by atoms with E-state index in [4.69, 9.17) is 4.74 Å². The van der Waals surface area contributed by atoms with Gasteiger partial charge in [-0.25, -0.2) is 4.79 Å². The molecule has 1 aliphatic heterocycles. The molecule has 1 spiro atoms. The number of aromatic nitrogens is 1. The van der Waals surface area contributed by atoms with Gasteiger partial charge in [-0.3, -0.25) is 9.59 Å². The molecule has 1 aromatic heterocycles. The number of aromatic amines is 1. The van der Waals surface area contributed by atoms with E-state index in [1.165, 1.54) is 7.11 Å². The van der Waals surface area contributed by atoms with Gasteiger partial charge in [0.2, 0.25) is 5.91 Å². The van der Waals surface area contributed by atoms with Crippen molar-refractivity contribution in [1.29, 1.82) is 0 Å². The number of fused-ring (bicyclic) bond motifs is 1. The fourth-order valence-corrected chi connectivity index (χ4v) is 4.67. The molecule has 1 unspecified atom stereocenters. The predicted octanol–water partition coefficient (Wildman–Crippen LogP) is 1.18. The predicted molar refractivity (Wildman–Crippen MR) is 76.8 cm³/mol. The number of rotatable bonds is 1. The van der Waals surface area contributed by atoms with Gasteiger partial charge in [-0.15, -0.1) is 0 Å². The van der Waals surface area contributed by atoms with Crippen LogP contribution in [0.25, 0.3) is 0 Å². The first-order valence-electron chi connectivity index (χ1n) is 7.53. The van der Waals surface area contributed by atoms with E-state index in [2.05, 4.69) is 4.98 Å². The molecule has 0 aromatic carbocycles. The number of piperidine rings is 1. The number of hydrogen-bond acceptors (Lipinski definition) is 4. The van der Waals surface area contributed by atoms with E-state index < -0.39 is 5.97 Å². The molecule has 2 fully saturated rings. The lowest BCUT2D eigenvalue weighted by Gasteiger charge is -2.35. The van der Waals surface area contributed by atoms with Gasteiger partial charge in [0.15, 0.2) is 5.78 Å². The Balaban J connectivity index is 1.93. The van der Waals surface area contributed by atoms with Crippen LogP contribution >= 0.6 is 0 Å². The number of ketones is 1. The van der Waals surface area contributed by atoms with Crippen LogP contribution < -0.4 is 0 Å². The SMILES string of the molecule is COC(=O)c1c(C)[nH]c2c1[C@@]13C[C@@H]1CN(C(C)=O)C3CC2=O. The average molecular weight is 302 g/mol. The quantitative estimate of drug-likeness (QED) is 0.790. The monoisotopic (exact) mass is 302 g/mol. The molecule has 1 aromatic rings. The molecule has 2 aliphatic carbocycles. The van der Waals surface area contributed by atoms with Crippen molar-refractivity contribution in [2.24, 2.45) is 5.92 Å². The minimum atomic E-state index is -0.412. The zero-order valence-electron chi connectivity index (χ0n) is 12.9. The second-order valence-corrected chi connectivity index (χ2v) is 6.62. The standard InChI is InChI=1S/C16H18N2O4/c1-7-12(15(21)22-3)13-14(17-7)10(20)4-11-16(13)5-9(16)6-18(11)8(2)19/h9,11,17H,4-6H2,1-3H3/t9-,11?,16+/m1/s1. The van der Waals surface area contributed by atoms with Gasteiger partial charge in [-0.05, 0) is 19.3 Å². The van der Waals surface area contributed by atoms with Crippen molar-refractivity contribution in [2.75, 3.05) is 13.7 Å². The van der Waals surface area contributed by atoms with Gasteiger partial charge in [0, 0.05) is 42.6 Å². The van der Waals surface area contributed by atoms with Gasteiger partial charge in [0.05, 0.1) is 18.4 Å². The molecule has 22 heavy (non-hydrogen) atoms. The number of carbonyl (C=O) groups excluding carboxylic acids is 3. The fourth-order valence-electron chi connectivity index (χ4n) is 4.67. The van der Waals surface area contributed by atoms with Crippen LogP contribution in [0.4, 0.5) is 0 Å². The van der Waals surface area contributed by atoms with Crippen molar-refractivity contribution < 1.29 is 19.1 Å². The highest BCUT2D eigenvalue weighted by Gasteiger charge is 2.71. The Morgan fingerprint density at radius 3 is 2.77 bits per heavy atom. The number of amides is 1. The molecular formula is C16H18N2O4. The summed E-state index contributed by atoms with van der Waals surface area (Å²) in [5.41, 5.74) is 2.27. The van der Waals surface area contributed by atoms with E-state index in [0.29, 0.717) is 35.8 Å². The molecule has 3 atom stereocenters. The molecule has 6 heteroatoms. The number of ether oxygens (including phenoxy) is 1. The molecule has 6 nitrogen and oxygen atoms in total. The Hall–Kier alpha value is -2.11. The maximum Gasteiger partial charge on any atom is 0.340 e. The van der Waals surface area contributed by atoms with Crippen LogP contribution in [0.5, 0.6) is 0 Å². The minimum Gasteiger partial charge on any atom is -0.465 e. The molecule has 1 saturated carbocycles. The summed E-state index contributed by atoms with van der Waals surface area (Å²) >= 11 is 0. The molecule has 2 heterocycles. The number of methoxy groups -OCH3 is 1. The molecule has 0 radical (unpaired) electrons. The van der Waals surface area contributed by atoms with Crippen LogP contribution in [-0.2, 0) is 14.9 Å². The number of nitrogens with zero attached hydrogens (tertiary/aromatic N) is 1. The second-order valence-electron chi connectivity index (χ2n) is 6.62. The highest BCUT2D eigenvalue weighted by Crippen LogP contribution is 2.66. The summed E-state index contributed by atoms with van der Waals surface area (Å²) in [5, 5.41) is 0. The summed E-state index contributed by atoms with van der Waals surface area (Å²) < 4.78 is 4.91. The third-order valence-corrected chi connectivity index (χ3v) is 5.64. The molecule has 1 N–H and O–H groups in total. The zero-order valence-corrected chi connectivity index (χ0v) is 12.9. The number of aryl methyl sites for hydroxylation is 1. The average Bonchev–Trinajstić information content (AvgIpc) is 2.91. The van der Waals surface area contributed by atoms with E-state index in [-0.39, 0.29) is 23.1 Å². The first-order chi connectivity index (χ1) is 10.4. The van der Waals surface area contributed by atoms with Gasteiger partial charge in [-0.1, -0.05) is 0 Å². The minimum absolute atomic E-state index is 0.000277. The topological polar surface area (TPSA) is 79.5 Å². The summed E-state index contributed by atoms with van der Waals surface area (Å²) in [7, 11) is 1.35. The van der Waals surface area contributed by atoms with E-state index in [1.807, 2.05) is 0 Å². The normalized spacial score (nSPS) is 31.4. The maximum atomic E-state index is 12.5. The van der Waals surface area contributed by atoms with Gasteiger partial charge in [0.25, 0.3) is 0 Å². The van der Waals surface area contributed by atoms with Crippen LogP contribution in [0, 0.1) is 12.8 Å². The van der Waals surface area contributed by atoms with Crippen molar-refractivity contribution >= 4 is 17.7 Å². The van der Waals surface area contributed by atoms with Gasteiger partial charge >= 0.3 is 5.97 Å². The lowest BCUT2D eigenvalue weighted by atomic mass is 9.76. The van der Waals surface area contributed by atoms with Crippen molar-refractivity contribution in [1.82, 2.24) is 9.88 Å². The van der Waals surface area contributed by atoms with E-state index in [9.17, 15) is 14.4 Å². The first kappa shape index (κ1) is 13.5. The summed E-state index contributed by atoms with van der Waals surface area (Å²) in [6.07, 6.45) is 1.27. The molecule has 3 aliphatic rings. The fraction of sp³-hybridized carbons (Fsp3) is 0.562. The maximum absolute atomic E-state index is 12.5. The van der Waals surface area contributed by atoms with E-state index in [0.717, 1.165) is 12.0 Å². The van der Waals surface area contributed by atoms with Crippen LogP contribution in [0.3, 0.4) is 0 Å². The van der Waals surface area contributed by atoms with Gasteiger partial charge in [-0.2, -0.15) is 0 Å². The zero-order chi connectivity index (χ0) is 15.8. The number of esters is 1. The molecule has 4 rings (SSSR count). The Morgan fingerprint density at radius 1 is 1.41 bits per heavy atom. The molecule has 116 valence electrons. The van der Waals surface area contributed by atoms with Crippen molar-refractivity contribution in [3.05, 3.63) is 22.5 Å². The van der Waals surface area contributed by atoms with Crippen molar-refractivity contribution in [3.63, 3.8) is 0 Å². The molecular weight excluding hydrogens is 284 g/mol. The Bertz CT molecular complexity index is 735. The third-order valence-electron chi connectivity index (χ3n) is 5.64. The van der Waals surface area contributed by atoms with E-state index >= 15 is 0 Å². The van der Waals surface area contributed by atoms with Crippen LogP contribution in [0.1, 0.15) is 51.9 Å². The number of likely N-dealkylation sites (tertiary alicyclic amines) is 1. The van der Waals surface area contributed by atoms with Crippen LogP contribution in [0.15, 0.2) is 0 Å². The van der Waals surface area contributed by atoms with Crippen LogP contribution in [0.2, 0.25) is 0 Å². The lowest BCUT2D eigenvalue weighted by molar-refractivity contribution is -0.130. The molecule has 1 amide bonds. The first-order valence-corrected chi connectivity index (χ1v) is 7.53. The van der Waals surface area contributed by atoms with Crippen LogP contribution in [-0.4, -0.2) is 47.2 Å².